The van der Waals surface area contributed by atoms with Gasteiger partial charge >= 0.3 is 0 Å². The largest absolute Gasteiger partial charge is 0.497 e. The van der Waals surface area contributed by atoms with Crippen LogP contribution in [0.5, 0.6) is 0 Å². The van der Waals surface area contributed by atoms with Gasteiger partial charge in [-0.15, -0.1) is 11.5 Å². The van der Waals surface area contributed by atoms with Gasteiger partial charge in [0.1, 0.15) is 14.4 Å². The first-order chi connectivity index (χ1) is 6.45. The fourth-order valence-electron chi connectivity index (χ4n) is 0.735. The molecule has 0 unspecified atom stereocenters. The Balaban J connectivity index is 3.70. The Kier molecular flexibility index (Phi) is 5.98. The van der Waals surface area contributed by atoms with Crippen LogP contribution >= 0.6 is 0 Å². The molecule has 0 amide bonds. The van der Waals surface area contributed by atoms with Crippen molar-refractivity contribution in [1.29, 1.82) is 0 Å². The predicted molar refractivity (Wildman–Crippen MR) is 61.5 cm³/mol. The second-order valence-electron chi connectivity index (χ2n) is 4.06. The first-order valence-electron chi connectivity index (χ1n) is 4.70. The lowest BCUT2D eigenvalue weighted by Gasteiger charge is -2.04. The molecule has 0 bridgehead atoms. The second-order valence-corrected chi connectivity index (χ2v) is 8.81. The first kappa shape index (κ1) is 13.0. The van der Waals surface area contributed by atoms with E-state index in [0.717, 1.165) is 12.7 Å². The molecule has 0 saturated heterocycles. The highest BCUT2D eigenvalue weighted by molar-refractivity contribution is 6.83. The van der Waals surface area contributed by atoms with Crippen LogP contribution in [0, 0.1) is 11.5 Å². The molecule has 2 nitrogen and oxygen atoms in total. The minimum atomic E-state index is -1.24. The van der Waals surface area contributed by atoms with Crippen molar-refractivity contribution < 1.29 is 9.53 Å². The number of hydrogen-bond acceptors (Lipinski definition) is 2. The zero-order valence-electron chi connectivity index (χ0n) is 9.39. The molecule has 0 atom stereocenters. The van der Waals surface area contributed by atoms with Crippen LogP contribution in [-0.2, 0) is 9.53 Å². The van der Waals surface area contributed by atoms with Crippen LogP contribution in [0.15, 0.2) is 11.8 Å². The molecule has 78 valence electrons. The first-order valence-corrected chi connectivity index (χ1v) is 8.20. The van der Waals surface area contributed by atoms with E-state index in [4.69, 9.17) is 4.74 Å². The molecule has 0 aliphatic heterocycles. The number of carbonyl (C=O) groups excluding carboxylic acids is 1. The highest BCUT2D eigenvalue weighted by Gasteiger charge is 2.06. The maximum atomic E-state index is 10.1. The topological polar surface area (TPSA) is 26.3 Å². The Morgan fingerprint density at radius 2 is 2.07 bits per heavy atom. The van der Waals surface area contributed by atoms with E-state index < -0.39 is 8.07 Å². The summed E-state index contributed by atoms with van der Waals surface area (Å²) < 4.78 is 5.24. The van der Waals surface area contributed by atoms with E-state index in [2.05, 4.69) is 31.1 Å². The van der Waals surface area contributed by atoms with Crippen LogP contribution in [0.4, 0.5) is 0 Å². The normalized spacial score (nSPS) is 11.6. The Hall–Kier alpha value is -1.01. The van der Waals surface area contributed by atoms with Crippen LogP contribution in [0.2, 0.25) is 19.6 Å². The van der Waals surface area contributed by atoms with Gasteiger partial charge < -0.3 is 4.74 Å². The molecule has 0 radical (unpaired) electrons. The van der Waals surface area contributed by atoms with Gasteiger partial charge in [0.15, 0.2) is 0 Å². The maximum absolute atomic E-state index is 10.1. The summed E-state index contributed by atoms with van der Waals surface area (Å²) in [6.45, 7) is 8.95. The second kappa shape index (κ2) is 6.44. The maximum Gasteiger partial charge on any atom is 0.146 e. The average molecular weight is 210 g/mol. The molecule has 0 aromatic heterocycles. The molecular weight excluding hydrogens is 192 g/mol. The summed E-state index contributed by atoms with van der Waals surface area (Å²) in [5.41, 5.74) is 3.25. The van der Waals surface area contributed by atoms with Crippen molar-refractivity contribution in [2.75, 3.05) is 6.61 Å². The quantitative estimate of drug-likeness (QED) is 0.178. The van der Waals surface area contributed by atoms with Crippen LogP contribution in [0.25, 0.3) is 0 Å². The summed E-state index contributed by atoms with van der Waals surface area (Å²) >= 11 is 0. The monoisotopic (exact) mass is 210 g/mol. The molecule has 0 spiro atoms. The van der Waals surface area contributed by atoms with Gasteiger partial charge in [-0.2, -0.15) is 0 Å². The molecule has 0 rings (SSSR count). The van der Waals surface area contributed by atoms with E-state index in [0.29, 0.717) is 12.4 Å². The van der Waals surface area contributed by atoms with Crippen molar-refractivity contribution in [3.05, 3.63) is 11.8 Å². The van der Waals surface area contributed by atoms with Crippen LogP contribution in [-0.4, -0.2) is 21.0 Å². The molecule has 0 N–H and O–H groups in total. The molecular formula is C11H18O2Si. The smallest absolute Gasteiger partial charge is 0.146 e. The Morgan fingerprint density at radius 1 is 1.43 bits per heavy atom. The summed E-state index contributed by atoms with van der Waals surface area (Å²) in [4.78, 5) is 10.1. The zero-order valence-corrected chi connectivity index (χ0v) is 10.4. The Bertz CT molecular complexity index is 263. The van der Waals surface area contributed by atoms with E-state index >= 15 is 0 Å². The Labute approximate surface area is 87.4 Å². The van der Waals surface area contributed by atoms with Gasteiger partial charge in [0.2, 0.25) is 0 Å². The number of allylic oxidation sites excluding steroid dienone is 2. The van der Waals surface area contributed by atoms with Gasteiger partial charge in [-0.3, -0.25) is 4.79 Å². The highest BCUT2D eigenvalue weighted by Crippen LogP contribution is 1.98. The van der Waals surface area contributed by atoms with Crippen LogP contribution in [0.1, 0.15) is 13.3 Å². The zero-order chi connectivity index (χ0) is 11.0. The number of aldehydes is 1. The lowest BCUT2D eigenvalue weighted by molar-refractivity contribution is -0.104. The van der Waals surface area contributed by atoms with Gasteiger partial charge in [0, 0.05) is 12.5 Å². The van der Waals surface area contributed by atoms with Crippen molar-refractivity contribution in [3.63, 3.8) is 0 Å². The molecule has 0 heterocycles. The number of ether oxygens (including phenoxy) is 1. The lowest BCUT2D eigenvalue weighted by Crippen LogP contribution is -2.16. The summed E-state index contributed by atoms with van der Waals surface area (Å²) in [7, 11) is -1.24. The van der Waals surface area contributed by atoms with Crippen LogP contribution < -0.4 is 0 Å². The molecule has 14 heavy (non-hydrogen) atoms. The van der Waals surface area contributed by atoms with Crippen molar-refractivity contribution >= 4 is 14.4 Å². The van der Waals surface area contributed by atoms with Gasteiger partial charge in [0.25, 0.3) is 0 Å². The van der Waals surface area contributed by atoms with Gasteiger partial charge in [0.05, 0.1) is 12.4 Å². The molecule has 3 heteroatoms. The summed E-state index contributed by atoms with van der Waals surface area (Å²) in [6, 6.07) is 0. The SMILES string of the molecule is C/C(=C\C=O)OCCC#C[Si](C)(C)C. The summed E-state index contributed by atoms with van der Waals surface area (Å²) in [5.74, 6) is 3.74. The third kappa shape index (κ3) is 9.08. The predicted octanol–water partition coefficient (Wildman–Crippen LogP) is 2.38. The third-order valence-corrected chi connectivity index (χ3v) is 2.25. The third-order valence-electron chi connectivity index (χ3n) is 1.32. The molecule has 0 aliphatic rings. The van der Waals surface area contributed by atoms with E-state index in [1.54, 1.807) is 6.92 Å². The molecule has 0 saturated carbocycles. The van der Waals surface area contributed by atoms with E-state index in [1.165, 1.54) is 6.08 Å². The standard InChI is InChI=1S/C11H18O2Si/c1-11(7-8-12)13-9-5-6-10-14(2,3)4/h7-8H,5,9H2,1-4H3/b11-7+. The highest BCUT2D eigenvalue weighted by atomic mass is 28.3. The number of carbonyl (C=O) groups is 1. The number of rotatable bonds is 4. The molecule has 0 fully saturated rings. The fraction of sp³-hybridized carbons (Fsp3) is 0.545. The van der Waals surface area contributed by atoms with Gasteiger partial charge in [-0.1, -0.05) is 19.6 Å². The van der Waals surface area contributed by atoms with Crippen molar-refractivity contribution in [3.8, 4) is 11.5 Å². The minimum Gasteiger partial charge on any atom is -0.497 e. The summed E-state index contributed by atoms with van der Waals surface area (Å²) in [6.07, 6.45) is 2.86. The van der Waals surface area contributed by atoms with Crippen molar-refractivity contribution in [2.45, 2.75) is 33.0 Å². The Morgan fingerprint density at radius 3 is 2.57 bits per heavy atom. The average Bonchev–Trinajstić information content (AvgIpc) is 2.02. The lowest BCUT2D eigenvalue weighted by atomic mass is 10.4. The molecule has 0 aromatic rings. The van der Waals surface area contributed by atoms with Gasteiger partial charge in [-0.25, -0.2) is 0 Å². The van der Waals surface area contributed by atoms with Gasteiger partial charge in [-0.05, 0) is 6.92 Å². The van der Waals surface area contributed by atoms with E-state index in [1.807, 2.05) is 0 Å². The van der Waals surface area contributed by atoms with E-state index in [-0.39, 0.29) is 0 Å². The molecule has 0 aromatic carbocycles. The minimum absolute atomic E-state index is 0.563. The van der Waals surface area contributed by atoms with Crippen molar-refractivity contribution in [1.82, 2.24) is 0 Å². The van der Waals surface area contributed by atoms with Crippen molar-refractivity contribution in [2.24, 2.45) is 0 Å². The fourth-order valence-corrected chi connectivity index (χ4v) is 1.39. The molecule has 0 aliphatic carbocycles. The van der Waals surface area contributed by atoms with E-state index in [9.17, 15) is 4.79 Å². The summed E-state index contributed by atoms with van der Waals surface area (Å²) in [5, 5.41) is 0. The number of hydrogen-bond donors (Lipinski definition) is 0. The van der Waals surface area contributed by atoms with Crippen LogP contribution in [0.3, 0.4) is 0 Å².